The molecule has 4 nitrogen and oxygen atoms in total. The molecule has 7 heteroatoms. The molecule has 0 atom stereocenters. The maximum atomic E-state index is 6.06. The minimum Gasteiger partial charge on any atom is -0.453 e. The fourth-order valence-corrected chi connectivity index (χ4v) is 4.12. The maximum absolute atomic E-state index is 6.06. The van der Waals surface area contributed by atoms with Gasteiger partial charge in [0.2, 0.25) is 5.82 Å². The third-order valence-electron chi connectivity index (χ3n) is 4.01. The molecule has 0 unspecified atom stereocenters. The van der Waals surface area contributed by atoms with Crippen molar-refractivity contribution in [2.75, 3.05) is 0 Å². The lowest BCUT2D eigenvalue weighted by molar-refractivity contribution is 0.607. The summed E-state index contributed by atoms with van der Waals surface area (Å²) in [7, 11) is 0. The van der Waals surface area contributed by atoms with E-state index in [1.54, 1.807) is 11.8 Å². The first-order chi connectivity index (χ1) is 12.6. The predicted molar refractivity (Wildman–Crippen MR) is 110 cm³/mol. The van der Waals surface area contributed by atoms with Crippen molar-refractivity contribution in [3.05, 3.63) is 63.6 Å². The van der Waals surface area contributed by atoms with E-state index in [1.165, 1.54) is 5.56 Å². The number of hydrogen-bond donors (Lipinski definition) is 0. The molecule has 0 radical (unpaired) electrons. The maximum Gasteiger partial charge on any atom is 0.200 e. The zero-order valence-electron chi connectivity index (χ0n) is 13.9. The second kappa shape index (κ2) is 7.47. The van der Waals surface area contributed by atoms with Crippen molar-refractivity contribution >= 4 is 50.3 Å². The van der Waals surface area contributed by atoms with Gasteiger partial charge in [-0.1, -0.05) is 51.4 Å². The van der Waals surface area contributed by atoms with Gasteiger partial charge < -0.3 is 4.42 Å². The van der Waals surface area contributed by atoms with Crippen LogP contribution in [0, 0.1) is 0 Å². The van der Waals surface area contributed by atoms with Crippen LogP contribution < -0.4 is 0 Å². The molecule has 4 aromatic rings. The van der Waals surface area contributed by atoms with Crippen molar-refractivity contribution in [1.29, 1.82) is 0 Å². The number of rotatable bonds is 5. The van der Waals surface area contributed by atoms with Crippen LogP contribution >= 0.6 is 39.3 Å². The molecule has 0 saturated heterocycles. The number of thioether (sulfide) groups is 1. The van der Waals surface area contributed by atoms with Crippen LogP contribution in [0.4, 0.5) is 0 Å². The Morgan fingerprint density at radius 3 is 2.69 bits per heavy atom. The van der Waals surface area contributed by atoms with E-state index in [9.17, 15) is 0 Å². The largest absolute Gasteiger partial charge is 0.453 e. The lowest BCUT2D eigenvalue weighted by Crippen LogP contribution is -1.99. The summed E-state index contributed by atoms with van der Waals surface area (Å²) in [5.41, 5.74) is 2.03. The zero-order chi connectivity index (χ0) is 18.1. The monoisotopic (exact) mass is 447 g/mol. The Morgan fingerprint density at radius 1 is 1.12 bits per heavy atom. The van der Waals surface area contributed by atoms with Crippen LogP contribution in [0.2, 0.25) is 5.02 Å². The smallest absolute Gasteiger partial charge is 0.200 e. The molecule has 132 valence electrons. The molecule has 0 aliphatic rings. The summed E-state index contributed by atoms with van der Waals surface area (Å²) < 4.78 is 9.10. The third-order valence-corrected chi connectivity index (χ3v) is 5.81. The second-order valence-corrected chi connectivity index (χ2v) is 8.05. The molecule has 2 aromatic heterocycles. The first-order valence-electron chi connectivity index (χ1n) is 8.14. The van der Waals surface area contributed by atoms with Crippen molar-refractivity contribution < 1.29 is 4.42 Å². The molecule has 0 N–H and O–H groups in total. The molecule has 2 aromatic carbocycles. The van der Waals surface area contributed by atoms with Crippen molar-refractivity contribution in [2.45, 2.75) is 24.4 Å². The summed E-state index contributed by atoms with van der Waals surface area (Å²) >= 11 is 11.2. The summed E-state index contributed by atoms with van der Waals surface area (Å²) in [6.45, 7) is 2.85. The predicted octanol–water partition coefficient (Wildman–Crippen LogP) is 6.42. The van der Waals surface area contributed by atoms with Gasteiger partial charge in [0.25, 0.3) is 0 Å². The van der Waals surface area contributed by atoms with Gasteiger partial charge in [0.15, 0.2) is 10.9 Å². The normalized spacial score (nSPS) is 11.3. The summed E-state index contributed by atoms with van der Waals surface area (Å²) in [5.74, 6) is 2.27. The third kappa shape index (κ3) is 3.54. The number of hydrogen-bond acceptors (Lipinski definition) is 4. The van der Waals surface area contributed by atoms with Gasteiger partial charge in [0.1, 0.15) is 5.58 Å². The Bertz CT molecular complexity index is 1060. The Kier molecular flexibility index (Phi) is 5.07. The average Bonchev–Trinajstić information content (AvgIpc) is 3.23. The topological polar surface area (TPSA) is 43.9 Å². The van der Waals surface area contributed by atoms with Crippen LogP contribution in [0.25, 0.3) is 22.6 Å². The molecule has 0 amide bonds. The van der Waals surface area contributed by atoms with Gasteiger partial charge in [0, 0.05) is 27.2 Å². The lowest BCUT2D eigenvalue weighted by atomic mass is 10.2. The summed E-state index contributed by atoms with van der Waals surface area (Å²) in [4.78, 5) is 0. The summed E-state index contributed by atoms with van der Waals surface area (Å²) in [6, 6.07) is 15.8. The highest BCUT2D eigenvalue weighted by atomic mass is 79.9. The van der Waals surface area contributed by atoms with Gasteiger partial charge in [-0.05, 0) is 48.9 Å². The second-order valence-electron chi connectivity index (χ2n) is 5.76. The van der Waals surface area contributed by atoms with Gasteiger partial charge in [-0.15, -0.1) is 10.2 Å². The lowest BCUT2D eigenvalue weighted by Gasteiger charge is -2.06. The summed E-state index contributed by atoms with van der Waals surface area (Å²) in [6.07, 6.45) is 0. The molecule has 4 rings (SSSR count). The van der Waals surface area contributed by atoms with E-state index in [0.717, 1.165) is 38.7 Å². The van der Waals surface area contributed by atoms with E-state index in [1.807, 2.05) is 36.4 Å². The van der Waals surface area contributed by atoms with E-state index >= 15 is 0 Å². The quantitative estimate of drug-likeness (QED) is 0.330. The Hall–Kier alpha value is -1.76. The Balaban J connectivity index is 1.62. The van der Waals surface area contributed by atoms with Crippen LogP contribution in [-0.2, 0) is 12.3 Å². The molecule has 0 aliphatic carbocycles. The molecular formula is C19H15BrClN3OS. The van der Waals surface area contributed by atoms with Gasteiger partial charge in [-0.25, -0.2) is 0 Å². The van der Waals surface area contributed by atoms with Gasteiger partial charge in [-0.3, -0.25) is 4.57 Å². The van der Waals surface area contributed by atoms with Crippen LogP contribution in [0.15, 0.2) is 62.6 Å². The minimum atomic E-state index is 0.688. The molecule has 0 spiro atoms. The van der Waals surface area contributed by atoms with E-state index in [4.69, 9.17) is 16.0 Å². The van der Waals surface area contributed by atoms with Crippen LogP contribution in [0.1, 0.15) is 12.5 Å². The van der Waals surface area contributed by atoms with Gasteiger partial charge in [-0.2, -0.15) is 0 Å². The first kappa shape index (κ1) is 17.6. The zero-order valence-corrected chi connectivity index (χ0v) is 17.1. The molecule has 0 bridgehead atoms. The fourth-order valence-electron chi connectivity index (χ4n) is 2.72. The molecular weight excluding hydrogens is 434 g/mol. The van der Waals surface area contributed by atoms with E-state index < -0.39 is 0 Å². The number of aromatic nitrogens is 3. The molecule has 0 saturated carbocycles. The molecule has 0 fully saturated rings. The molecule has 2 heterocycles. The van der Waals surface area contributed by atoms with E-state index in [0.29, 0.717) is 10.8 Å². The Morgan fingerprint density at radius 2 is 1.92 bits per heavy atom. The molecule has 26 heavy (non-hydrogen) atoms. The molecule has 0 aliphatic heterocycles. The van der Waals surface area contributed by atoms with Crippen LogP contribution in [0.5, 0.6) is 0 Å². The average molecular weight is 449 g/mol. The number of benzene rings is 2. The van der Waals surface area contributed by atoms with Crippen molar-refractivity contribution in [3.8, 4) is 11.6 Å². The van der Waals surface area contributed by atoms with Crippen molar-refractivity contribution in [3.63, 3.8) is 0 Å². The fraction of sp³-hybridized carbons (Fsp3) is 0.158. The van der Waals surface area contributed by atoms with Crippen molar-refractivity contribution in [2.24, 2.45) is 0 Å². The standard InChI is InChI=1S/C19H15BrClN3OS/c1-2-24-18(17-10-13-9-15(21)7-8-16(13)25-17)22-23-19(24)26-11-12-3-5-14(20)6-4-12/h3-10H,2,11H2,1H3. The van der Waals surface area contributed by atoms with Gasteiger partial charge in [0.05, 0.1) is 0 Å². The number of halogens is 2. The number of nitrogens with zero attached hydrogens (tertiary/aromatic N) is 3. The highest BCUT2D eigenvalue weighted by Crippen LogP contribution is 2.31. The SMILES string of the molecule is CCn1c(SCc2ccc(Br)cc2)nnc1-c1cc2cc(Cl)ccc2o1. The van der Waals surface area contributed by atoms with Crippen molar-refractivity contribution in [1.82, 2.24) is 14.8 Å². The van der Waals surface area contributed by atoms with E-state index in [2.05, 4.69) is 49.8 Å². The number of furan rings is 1. The van der Waals surface area contributed by atoms with Crippen LogP contribution in [-0.4, -0.2) is 14.8 Å². The van der Waals surface area contributed by atoms with E-state index in [-0.39, 0.29) is 0 Å². The highest BCUT2D eigenvalue weighted by molar-refractivity contribution is 9.10. The number of fused-ring (bicyclic) bond motifs is 1. The Labute approximate surface area is 168 Å². The summed E-state index contributed by atoms with van der Waals surface area (Å²) in [5, 5.41) is 11.3. The minimum absolute atomic E-state index is 0.688. The van der Waals surface area contributed by atoms with Crippen LogP contribution in [0.3, 0.4) is 0 Å². The highest BCUT2D eigenvalue weighted by Gasteiger charge is 2.17. The van der Waals surface area contributed by atoms with Gasteiger partial charge >= 0.3 is 0 Å². The first-order valence-corrected chi connectivity index (χ1v) is 10.3.